The van der Waals surface area contributed by atoms with Crippen molar-refractivity contribution in [2.24, 2.45) is 5.92 Å². The van der Waals surface area contributed by atoms with Gasteiger partial charge in [-0.1, -0.05) is 25.2 Å². The number of nitrogens with zero attached hydrogens (tertiary/aromatic N) is 1. The van der Waals surface area contributed by atoms with Gasteiger partial charge in [0.1, 0.15) is 6.54 Å². The number of aromatic nitrogens is 1. The van der Waals surface area contributed by atoms with E-state index in [1.54, 1.807) is 11.6 Å². The Balaban J connectivity index is 2.31. The third kappa shape index (κ3) is 4.29. The Morgan fingerprint density at radius 2 is 2.33 bits per heavy atom. The van der Waals surface area contributed by atoms with Crippen molar-refractivity contribution in [3.05, 3.63) is 21.2 Å². The lowest BCUT2D eigenvalue weighted by Crippen LogP contribution is -2.31. The van der Waals surface area contributed by atoms with Crippen LogP contribution in [-0.4, -0.2) is 17.0 Å². The van der Waals surface area contributed by atoms with Crippen molar-refractivity contribution < 1.29 is 4.79 Å². The van der Waals surface area contributed by atoms with Crippen LogP contribution in [0.4, 0.5) is 0 Å². The molecule has 1 N–H and O–H groups in total. The van der Waals surface area contributed by atoms with Gasteiger partial charge < -0.3 is 5.32 Å². The molecule has 0 unspecified atom stereocenters. The van der Waals surface area contributed by atoms with E-state index in [-0.39, 0.29) is 17.3 Å². The summed E-state index contributed by atoms with van der Waals surface area (Å²) >= 11 is 1.10. The van der Waals surface area contributed by atoms with E-state index >= 15 is 0 Å². The van der Waals surface area contributed by atoms with Gasteiger partial charge in [0.05, 0.1) is 0 Å². The van der Waals surface area contributed by atoms with E-state index in [2.05, 4.69) is 19.2 Å². The monoisotopic (exact) mass is 228 g/mol. The summed E-state index contributed by atoms with van der Waals surface area (Å²) in [7, 11) is 0. The average molecular weight is 228 g/mol. The molecule has 0 aliphatic heterocycles. The predicted octanol–water partition coefficient (Wildman–Crippen LogP) is 1.07. The zero-order valence-electron chi connectivity index (χ0n) is 9.03. The van der Waals surface area contributed by atoms with Crippen molar-refractivity contribution in [3.8, 4) is 0 Å². The molecule has 0 spiro atoms. The molecular weight excluding hydrogens is 212 g/mol. The number of nitrogens with one attached hydrogen (secondary N) is 1. The van der Waals surface area contributed by atoms with Crippen LogP contribution in [-0.2, 0) is 11.3 Å². The molecule has 1 rings (SSSR count). The summed E-state index contributed by atoms with van der Waals surface area (Å²) in [6, 6.07) is 0. The number of hydrogen-bond donors (Lipinski definition) is 1. The largest absolute Gasteiger partial charge is 0.355 e. The highest BCUT2D eigenvalue weighted by atomic mass is 32.1. The third-order valence-electron chi connectivity index (χ3n) is 2.00. The Morgan fingerprint density at radius 1 is 1.60 bits per heavy atom. The van der Waals surface area contributed by atoms with E-state index in [0.717, 1.165) is 17.8 Å². The Morgan fingerprint density at radius 3 is 2.87 bits per heavy atom. The van der Waals surface area contributed by atoms with Crippen LogP contribution in [0.15, 0.2) is 16.4 Å². The second-order valence-electron chi connectivity index (χ2n) is 3.83. The zero-order chi connectivity index (χ0) is 11.3. The molecule has 0 bridgehead atoms. The number of carbonyl (C=O) groups excluding carboxylic acids is 1. The van der Waals surface area contributed by atoms with Gasteiger partial charge >= 0.3 is 4.87 Å². The maximum absolute atomic E-state index is 11.4. The second-order valence-corrected chi connectivity index (χ2v) is 4.69. The van der Waals surface area contributed by atoms with Crippen LogP contribution in [0.2, 0.25) is 0 Å². The first kappa shape index (κ1) is 12.0. The summed E-state index contributed by atoms with van der Waals surface area (Å²) in [4.78, 5) is 22.4. The summed E-state index contributed by atoms with van der Waals surface area (Å²) in [6.45, 7) is 5.01. The average Bonchev–Trinajstić information content (AvgIpc) is 2.51. The Hall–Kier alpha value is -1.10. The Kier molecular flexibility index (Phi) is 4.55. The van der Waals surface area contributed by atoms with Gasteiger partial charge in [-0.3, -0.25) is 14.2 Å². The van der Waals surface area contributed by atoms with Gasteiger partial charge in [-0.05, 0) is 12.3 Å². The minimum absolute atomic E-state index is 0.0889. The number of thiazole rings is 1. The van der Waals surface area contributed by atoms with E-state index in [1.807, 2.05) is 0 Å². The lowest BCUT2D eigenvalue weighted by molar-refractivity contribution is -0.121. The summed E-state index contributed by atoms with van der Waals surface area (Å²) in [6.07, 6.45) is 2.60. The fraction of sp³-hybridized carbons (Fsp3) is 0.600. The Bertz CT molecular complexity index is 367. The Labute approximate surface area is 92.9 Å². The fourth-order valence-corrected chi connectivity index (χ4v) is 1.70. The molecule has 0 aliphatic carbocycles. The van der Waals surface area contributed by atoms with Crippen LogP contribution in [0.5, 0.6) is 0 Å². The van der Waals surface area contributed by atoms with Crippen molar-refractivity contribution in [2.45, 2.75) is 26.8 Å². The molecule has 15 heavy (non-hydrogen) atoms. The summed E-state index contributed by atoms with van der Waals surface area (Å²) in [5.41, 5.74) is 0. The van der Waals surface area contributed by atoms with Gasteiger partial charge in [-0.2, -0.15) is 0 Å². The number of carbonyl (C=O) groups is 1. The van der Waals surface area contributed by atoms with Crippen LogP contribution in [0.25, 0.3) is 0 Å². The van der Waals surface area contributed by atoms with E-state index in [0.29, 0.717) is 12.5 Å². The summed E-state index contributed by atoms with van der Waals surface area (Å²) in [5.74, 6) is 0.477. The molecule has 0 atom stereocenters. The van der Waals surface area contributed by atoms with Crippen LogP contribution < -0.4 is 10.2 Å². The second kappa shape index (κ2) is 5.70. The van der Waals surface area contributed by atoms with Gasteiger partial charge in [-0.25, -0.2) is 0 Å². The molecule has 1 aromatic heterocycles. The maximum atomic E-state index is 11.4. The topological polar surface area (TPSA) is 51.1 Å². The number of amides is 1. The molecule has 5 heteroatoms. The molecule has 1 aromatic rings. The number of rotatable bonds is 5. The third-order valence-corrected chi connectivity index (χ3v) is 2.70. The smallest absolute Gasteiger partial charge is 0.307 e. The van der Waals surface area contributed by atoms with E-state index < -0.39 is 0 Å². The van der Waals surface area contributed by atoms with Gasteiger partial charge in [0.2, 0.25) is 5.91 Å². The lowest BCUT2D eigenvalue weighted by Gasteiger charge is -2.06. The van der Waals surface area contributed by atoms with E-state index in [1.165, 1.54) is 4.57 Å². The van der Waals surface area contributed by atoms with Crippen molar-refractivity contribution >= 4 is 17.2 Å². The molecule has 0 saturated heterocycles. The highest BCUT2D eigenvalue weighted by Crippen LogP contribution is 1.96. The molecule has 0 saturated carbocycles. The van der Waals surface area contributed by atoms with Gasteiger partial charge in [-0.15, -0.1) is 0 Å². The van der Waals surface area contributed by atoms with Crippen molar-refractivity contribution in [2.75, 3.05) is 6.54 Å². The maximum Gasteiger partial charge on any atom is 0.307 e. The first-order chi connectivity index (χ1) is 7.09. The SMILES string of the molecule is CC(C)CCNC(=O)Cn1ccsc1=O. The van der Waals surface area contributed by atoms with Gasteiger partial charge in [0.25, 0.3) is 0 Å². The molecule has 0 aromatic carbocycles. The van der Waals surface area contributed by atoms with Crippen LogP contribution in [0, 0.1) is 5.92 Å². The highest BCUT2D eigenvalue weighted by Gasteiger charge is 2.04. The normalized spacial score (nSPS) is 10.6. The van der Waals surface area contributed by atoms with Crippen molar-refractivity contribution in [1.82, 2.24) is 9.88 Å². The quantitative estimate of drug-likeness (QED) is 0.819. The highest BCUT2D eigenvalue weighted by molar-refractivity contribution is 7.07. The van der Waals surface area contributed by atoms with Gasteiger partial charge in [0, 0.05) is 18.1 Å². The molecule has 1 heterocycles. The molecule has 0 aliphatic rings. The minimum Gasteiger partial charge on any atom is -0.355 e. The predicted molar refractivity (Wildman–Crippen MR) is 61.0 cm³/mol. The fourth-order valence-electron chi connectivity index (χ4n) is 1.12. The molecule has 0 radical (unpaired) electrons. The summed E-state index contributed by atoms with van der Waals surface area (Å²) < 4.78 is 1.41. The van der Waals surface area contributed by atoms with Crippen molar-refractivity contribution in [1.29, 1.82) is 0 Å². The molecule has 4 nitrogen and oxygen atoms in total. The molecule has 0 fully saturated rings. The lowest BCUT2D eigenvalue weighted by atomic mass is 10.1. The molecule has 84 valence electrons. The van der Waals surface area contributed by atoms with Gasteiger partial charge in [0.15, 0.2) is 0 Å². The summed E-state index contributed by atoms with van der Waals surface area (Å²) in [5, 5.41) is 4.47. The van der Waals surface area contributed by atoms with Crippen molar-refractivity contribution in [3.63, 3.8) is 0 Å². The molecule has 1 amide bonds. The molecular formula is C10H16N2O2S. The zero-order valence-corrected chi connectivity index (χ0v) is 9.84. The van der Waals surface area contributed by atoms with Crippen LogP contribution >= 0.6 is 11.3 Å². The minimum atomic E-state index is -0.101. The standard InChI is InChI=1S/C10H16N2O2S/c1-8(2)3-4-11-9(13)7-12-5-6-15-10(12)14/h5-6,8H,3-4,7H2,1-2H3,(H,11,13). The van der Waals surface area contributed by atoms with E-state index in [4.69, 9.17) is 0 Å². The first-order valence-corrected chi connectivity index (χ1v) is 5.88. The van der Waals surface area contributed by atoms with E-state index in [9.17, 15) is 9.59 Å². The first-order valence-electron chi connectivity index (χ1n) is 5.00. The van der Waals surface area contributed by atoms with Crippen LogP contribution in [0.1, 0.15) is 20.3 Å². The van der Waals surface area contributed by atoms with Crippen LogP contribution in [0.3, 0.4) is 0 Å². The number of hydrogen-bond acceptors (Lipinski definition) is 3.